The number of ether oxygens (including phenoxy) is 1. The van der Waals surface area contributed by atoms with Crippen molar-refractivity contribution in [1.82, 2.24) is 0 Å². The van der Waals surface area contributed by atoms with Crippen LogP contribution in [0.25, 0.3) is 43.8 Å². The number of benzene rings is 4. The average Bonchev–Trinajstić information content (AvgIpc) is 3.81. The van der Waals surface area contributed by atoms with Gasteiger partial charge in [0.05, 0.1) is 5.60 Å². The zero-order chi connectivity index (χ0) is 45.4. The summed E-state index contributed by atoms with van der Waals surface area (Å²) in [5.41, 5.74) is 12.9. The second kappa shape index (κ2) is 29.5. The molecular formula is C59H84Cl2OSiZr-4. The van der Waals surface area contributed by atoms with Crippen LogP contribution in [0.3, 0.4) is 0 Å². The molecule has 0 saturated heterocycles. The molecule has 6 rings (SSSR count). The van der Waals surface area contributed by atoms with E-state index in [1.54, 1.807) is 0 Å². The van der Waals surface area contributed by atoms with Crippen LogP contribution >= 0.6 is 24.8 Å². The monoisotopic (exact) mass is 996 g/mol. The SMILES string of the molecule is CC(C)c1cc2c(-c3ccc(C(C)(C)C)cc3)cccc2[cH-]1.Cc1[cH-]c2cccc(-c3ccc(C(C)(C)C)cc3)c2c1CCCCCCOC(C)(C)C.Cl.Cl.[CH2-]CCCCC.[CH3-].[Si]=[Zr]. The van der Waals surface area contributed by atoms with Crippen molar-refractivity contribution < 1.29 is 28.1 Å². The van der Waals surface area contributed by atoms with Gasteiger partial charge in [-0.3, -0.25) is 0 Å². The Kier molecular flexibility index (Phi) is 28.4. The third-order valence-electron chi connectivity index (χ3n) is 11.5. The van der Waals surface area contributed by atoms with Crippen molar-refractivity contribution in [3.63, 3.8) is 0 Å². The number of hydrogen-bond acceptors (Lipinski definition) is 1. The molecule has 5 heteroatoms. The maximum absolute atomic E-state index is 5.85. The van der Waals surface area contributed by atoms with E-state index in [1.807, 2.05) is 0 Å². The van der Waals surface area contributed by atoms with Gasteiger partial charge in [-0.05, 0) is 66.2 Å². The van der Waals surface area contributed by atoms with Crippen molar-refractivity contribution in [3.8, 4) is 22.3 Å². The Morgan fingerprint density at radius 2 is 1.14 bits per heavy atom. The number of aryl methyl sites for hydroxylation is 2. The molecule has 0 spiro atoms. The van der Waals surface area contributed by atoms with E-state index in [1.165, 1.54) is 133 Å². The van der Waals surface area contributed by atoms with Gasteiger partial charge in [-0.1, -0.05) is 186 Å². The Morgan fingerprint density at radius 1 is 0.641 bits per heavy atom. The second-order valence-electron chi connectivity index (χ2n) is 20.2. The first-order chi connectivity index (χ1) is 28.8. The average molecular weight is 1000 g/mol. The van der Waals surface area contributed by atoms with E-state index in [9.17, 15) is 0 Å². The van der Waals surface area contributed by atoms with E-state index >= 15 is 0 Å². The van der Waals surface area contributed by atoms with Crippen LogP contribution in [-0.2, 0) is 45.3 Å². The van der Waals surface area contributed by atoms with Gasteiger partial charge >= 0.3 is 30.2 Å². The topological polar surface area (TPSA) is 9.23 Å². The summed E-state index contributed by atoms with van der Waals surface area (Å²) in [6.07, 6.45) is 11.1. The van der Waals surface area contributed by atoms with Crippen LogP contribution in [0, 0.1) is 21.3 Å². The zero-order valence-corrected chi connectivity index (χ0v) is 47.5. The molecule has 0 saturated carbocycles. The van der Waals surface area contributed by atoms with E-state index in [0.717, 1.165) is 25.9 Å². The summed E-state index contributed by atoms with van der Waals surface area (Å²) < 4.78 is 5.85. The predicted octanol–water partition coefficient (Wildman–Crippen LogP) is 18.7. The van der Waals surface area contributed by atoms with Crippen LogP contribution in [0.5, 0.6) is 0 Å². The molecule has 0 aliphatic carbocycles. The third kappa shape index (κ3) is 19.2. The number of fused-ring (bicyclic) bond motifs is 2. The molecule has 0 N–H and O–H groups in total. The van der Waals surface area contributed by atoms with Gasteiger partial charge in [0.25, 0.3) is 0 Å². The van der Waals surface area contributed by atoms with Crippen molar-refractivity contribution in [1.29, 1.82) is 0 Å². The summed E-state index contributed by atoms with van der Waals surface area (Å²) in [5, 5.41) is 5.55. The first-order valence-electron chi connectivity index (χ1n) is 23.1. The van der Waals surface area contributed by atoms with E-state index in [0.29, 0.717) is 5.92 Å². The fraction of sp³-hybridized carbons (Fsp3) is 0.458. The van der Waals surface area contributed by atoms with Crippen LogP contribution in [0.4, 0.5) is 0 Å². The van der Waals surface area contributed by atoms with Crippen LogP contribution in [0.1, 0.15) is 168 Å². The van der Waals surface area contributed by atoms with Crippen LogP contribution in [-0.4, -0.2) is 19.1 Å². The first kappa shape index (κ1) is 61.7. The molecule has 64 heavy (non-hydrogen) atoms. The number of rotatable bonds is 13. The summed E-state index contributed by atoms with van der Waals surface area (Å²) >= 11 is 1.36. The predicted molar refractivity (Wildman–Crippen MR) is 290 cm³/mol. The minimum absolute atomic E-state index is 0. The van der Waals surface area contributed by atoms with Gasteiger partial charge < -0.3 is 19.1 Å². The molecule has 0 unspecified atom stereocenters. The Labute approximate surface area is 422 Å². The molecule has 352 valence electrons. The fourth-order valence-corrected chi connectivity index (χ4v) is 7.81. The minimum atomic E-state index is -0.0210. The molecule has 0 heterocycles. The van der Waals surface area contributed by atoms with Gasteiger partial charge in [0, 0.05) is 6.61 Å². The number of hydrogen-bond donors (Lipinski definition) is 0. The van der Waals surface area contributed by atoms with Gasteiger partial charge in [0.15, 0.2) is 0 Å². The van der Waals surface area contributed by atoms with Gasteiger partial charge in [-0.2, -0.15) is 12.5 Å². The molecule has 1 nitrogen and oxygen atoms in total. The Hall–Kier alpha value is -2.26. The molecule has 0 atom stereocenters. The molecule has 6 aromatic rings. The Bertz CT molecular complexity index is 2170. The van der Waals surface area contributed by atoms with Crippen LogP contribution < -0.4 is 0 Å². The van der Waals surface area contributed by atoms with Crippen molar-refractivity contribution in [2.75, 3.05) is 6.61 Å². The van der Waals surface area contributed by atoms with E-state index in [-0.39, 0.29) is 48.7 Å². The summed E-state index contributed by atoms with van der Waals surface area (Å²) in [6.45, 7) is 36.6. The van der Waals surface area contributed by atoms with Crippen molar-refractivity contribution in [2.24, 2.45) is 0 Å². The third-order valence-corrected chi connectivity index (χ3v) is 11.5. The molecule has 6 aromatic carbocycles. The normalized spacial score (nSPS) is 11.2. The summed E-state index contributed by atoms with van der Waals surface area (Å²) in [4.78, 5) is 0. The zero-order valence-electron chi connectivity index (χ0n) is 42.4. The molecule has 0 aliphatic heterocycles. The molecule has 0 bridgehead atoms. The summed E-state index contributed by atoms with van der Waals surface area (Å²) in [5.74, 6) is 0.573. The molecule has 0 aliphatic rings. The van der Waals surface area contributed by atoms with Crippen molar-refractivity contribution in [2.45, 2.75) is 170 Å². The van der Waals surface area contributed by atoms with Gasteiger partial charge in [0.2, 0.25) is 0 Å². The summed E-state index contributed by atoms with van der Waals surface area (Å²) in [7, 11) is 0. The van der Waals surface area contributed by atoms with Gasteiger partial charge in [-0.15, -0.1) is 99.4 Å². The van der Waals surface area contributed by atoms with E-state index < -0.39 is 0 Å². The summed E-state index contributed by atoms with van der Waals surface area (Å²) in [6, 6.07) is 38.7. The van der Waals surface area contributed by atoms with Crippen LogP contribution in [0.15, 0.2) is 103 Å². The maximum atomic E-state index is 5.85. The molecule has 0 fully saturated rings. The molecule has 0 aromatic heterocycles. The first-order valence-corrected chi connectivity index (χ1v) is 27.3. The molecule has 0 amide bonds. The molecule has 2 radical (unpaired) electrons. The fourth-order valence-electron chi connectivity index (χ4n) is 7.81. The van der Waals surface area contributed by atoms with Crippen LogP contribution in [0.2, 0.25) is 0 Å². The second-order valence-corrected chi connectivity index (χ2v) is 20.2. The quantitative estimate of drug-likeness (QED) is 0.0636. The number of halogens is 2. The standard InChI is InChI=1S/C30H41O.C22H25.C6H13.CH3.2ClH.Si.Zr/c1-22-21-24-13-12-15-27(23-16-18-25(19-17-23)29(2,3)4)28(24)26(22)14-10-8-9-11-20-31-30(5,6)7;1-15(2)18-13-17-7-6-8-20(21(17)14-18)16-9-11-19(12-10-16)22(3,4)5;1-3-5-6-4-2;;;;;/h12-13,15-19,21H,8-11,14,20H2,1-7H3;6-15H,1-5H3;1,3-6H2,2H3;1H3;2*1H;;/q4*-1;;;;. The van der Waals surface area contributed by atoms with E-state index in [2.05, 4.69) is 207 Å². The van der Waals surface area contributed by atoms with Gasteiger partial charge in [0.1, 0.15) is 0 Å². The van der Waals surface area contributed by atoms with Crippen molar-refractivity contribution in [3.05, 3.63) is 145 Å². The Balaban J connectivity index is 0.00000105. The van der Waals surface area contributed by atoms with E-state index in [4.69, 9.17) is 4.74 Å². The van der Waals surface area contributed by atoms with Crippen molar-refractivity contribution >= 4 is 53.2 Å². The number of unbranched alkanes of at least 4 members (excludes halogenated alkanes) is 6. The molecular weight excluding hydrogens is 915 g/mol. The Morgan fingerprint density at radius 3 is 1.61 bits per heavy atom. The van der Waals surface area contributed by atoms with Gasteiger partial charge in [-0.25, -0.2) is 0 Å².